The molecule has 1 aromatic rings. The van der Waals surface area contributed by atoms with Gasteiger partial charge in [-0.05, 0) is 41.5 Å². The molecule has 19 heavy (non-hydrogen) atoms. The van der Waals surface area contributed by atoms with Gasteiger partial charge in [0.2, 0.25) is 5.91 Å². The van der Waals surface area contributed by atoms with Crippen LogP contribution < -0.4 is 10.6 Å². The Labute approximate surface area is 125 Å². The number of amides is 1. The average molecular weight is 377 g/mol. The van der Waals surface area contributed by atoms with E-state index in [0.717, 1.165) is 25.9 Å². The molecule has 1 aliphatic heterocycles. The molecule has 0 aliphatic carbocycles. The molecule has 2 N–H and O–H groups in total. The number of hydrogen-bond donors (Lipinski definition) is 1. The number of halogens is 2. The lowest BCUT2D eigenvalue weighted by Crippen LogP contribution is -2.37. The number of rotatable bonds is 3. The number of hydrogen-bond acceptors (Lipinski definition) is 3. The highest BCUT2D eigenvalue weighted by molar-refractivity contribution is 14.1. The van der Waals surface area contributed by atoms with Gasteiger partial charge < -0.3 is 15.5 Å². The summed E-state index contributed by atoms with van der Waals surface area (Å²) in [5.41, 5.74) is 6.93. The maximum atomic E-state index is 13.6. The molecule has 0 radical (unpaired) electrons. The van der Waals surface area contributed by atoms with Crippen molar-refractivity contribution in [1.29, 1.82) is 0 Å². The Morgan fingerprint density at radius 1 is 1.47 bits per heavy atom. The first-order chi connectivity index (χ1) is 8.99. The number of likely N-dealkylation sites (tertiary alicyclic amines) is 1. The second-order valence-electron chi connectivity index (χ2n) is 4.77. The molecule has 0 atom stereocenters. The molecule has 0 unspecified atom stereocenters. The minimum absolute atomic E-state index is 0.0679. The van der Waals surface area contributed by atoms with Gasteiger partial charge in [-0.3, -0.25) is 4.79 Å². The van der Waals surface area contributed by atoms with Crippen molar-refractivity contribution < 1.29 is 9.18 Å². The number of nitrogens with zero attached hydrogens (tertiary/aromatic N) is 2. The molecule has 1 aliphatic rings. The fourth-order valence-electron chi connectivity index (χ4n) is 2.24. The molecule has 0 saturated carbocycles. The molecule has 1 fully saturated rings. The lowest BCUT2D eigenvalue weighted by atomic mass is 10.2. The normalized spacial score (nSPS) is 14.8. The van der Waals surface area contributed by atoms with Crippen LogP contribution in [0.5, 0.6) is 0 Å². The van der Waals surface area contributed by atoms with Gasteiger partial charge in [0, 0.05) is 26.2 Å². The molecule has 0 bridgehead atoms. The molecule has 1 aromatic carbocycles. The van der Waals surface area contributed by atoms with Crippen molar-refractivity contribution in [2.45, 2.75) is 12.8 Å². The highest BCUT2D eigenvalue weighted by atomic mass is 127. The number of benzene rings is 1. The molecular weight excluding hydrogens is 360 g/mol. The minimum atomic E-state index is -0.315. The average Bonchev–Trinajstić information content (AvgIpc) is 2.87. The van der Waals surface area contributed by atoms with Crippen molar-refractivity contribution >= 4 is 39.9 Å². The Bertz CT molecular complexity index is 489. The van der Waals surface area contributed by atoms with Gasteiger partial charge in [0.15, 0.2) is 0 Å². The number of nitrogens with two attached hydrogens (primary N) is 1. The third kappa shape index (κ3) is 3.29. The highest BCUT2D eigenvalue weighted by Gasteiger charge is 2.20. The van der Waals surface area contributed by atoms with Crippen molar-refractivity contribution in [1.82, 2.24) is 4.90 Å². The Hall–Kier alpha value is -1.05. The molecule has 1 heterocycles. The standard InChI is InChI=1S/C13H17FIN3O/c1-17(8-13(19)18-4-2-3-5-18)12-6-9(14)10(15)7-11(12)16/h6-7H,2-5,8,16H2,1H3. The largest absolute Gasteiger partial charge is 0.397 e. The maximum absolute atomic E-state index is 13.6. The maximum Gasteiger partial charge on any atom is 0.242 e. The molecule has 1 saturated heterocycles. The van der Waals surface area contributed by atoms with Gasteiger partial charge in [0.1, 0.15) is 5.82 Å². The zero-order valence-electron chi connectivity index (χ0n) is 10.8. The van der Waals surface area contributed by atoms with Crippen LogP contribution in [0.3, 0.4) is 0 Å². The van der Waals surface area contributed by atoms with Crippen molar-refractivity contribution in [2.75, 3.05) is 37.3 Å². The molecular formula is C13H17FIN3O. The van der Waals surface area contributed by atoms with E-state index in [0.29, 0.717) is 14.9 Å². The van der Waals surface area contributed by atoms with Crippen LogP contribution in [0.25, 0.3) is 0 Å². The lowest BCUT2D eigenvalue weighted by molar-refractivity contribution is -0.128. The second-order valence-corrected chi connectivity index (χ2v) is 5.93. The number of carbonyl (C=O) groups is 1. The fraction of sp³-hybridized carbons (Fsp3) is 0.462. The van der Waals surface area contributed by atoms with Crippen LogP contribution in [0, 0.1) is 9.39 Å². The second kappa shape index (κ2) is 5.94. The number of nitrogen functional groups attached to an aromatic ring is 1. The van der Waals surface area contributed by atoms with Gasteiger partial charge >= 0.3 is 0 Å². The zero-order valence-corrected chi connectivity index (χ0v) is 13.0. The third-order valence-electron chi connectivity index (χ3n) is 3.31. The number of anilines is 2. The third-order valence-corrected chi connectivity index (χ3v) is 4.14. The van der Waals surface area contributed by atoms with Gasteiger partial charge in [0.05, 0.1) is 21.5 Å². The van der Waals surface area contributed by atoms with Crippen LogP contribution in [0.2, 0.25) is 0 Å². The Morgan fingerprint density at radius 2 is 2.11 bits per heavy atom. The van der Waals surface area contributed by atoms with Crippen LogP contribution in [-0.4, -0.2) is 37.5 Å². The van der Waals surface area contributed by atoms with E-state index < -0.39 is 0 Å². The van der Waals surface area contributed by atoms with Crippen LogP contribution in [0.1, 0.15) is 12.8 Å². The summed E-state index contributed by atoms with van der Waals surface area (Å²) >= 11 is 1.90. The SMILES string of the molecule is CN(CC(=O)N1CCCC1)c1cc(F)c(I)cc1N. The predicted molar refractivity (Wildman–Crippen MR) is 82.6 cm³/mol. The van der Waals surface area contributed by atoms with E-state index in [2.05, 4.69) is 0 Å². The number of likely N-dealkylation sites (N-methyl/N-ethyl adjacent to an activating group) is 1. The predicted octanol–water partition coefficient (Wildman–Crippen LogP) is 2.07. The van der Waals surface area contributed by atoms with E-state index in [1.807, 2.05) is 27.5 Å². The molecule has 104 valence electrons. The van der Waals surface area contributed by atoms with E-state index in [4.69, 9.17) is 5.73 Å². The molecule has 6 heteroatoms. The first kappa shape index (κ1) is 14.4. The molecule has 4 nitrogen and oxygen atoms in total. The van der Waals surface area contributed by atoms with Crippen molar-refractivity contribution in [3.8, 4) is 0 Å². The summed E-state index contributed by atoms with van der Waals surface area (Å²) in [7, 11) is 1.76. The van der Waals surface area contributed by atoms with E-state index in [1.165, 1.54) is 6.07 Å². The smallest absolute Gasteiger partial charge is 0.242 e. The van der Waals surface area contributed by atoms with Gasteiger partial charge in [-0.1, -0.05) is 0 Å². The summed E-state index contributed by atoms with van der Waals surface area (Å²) in [5, 5.41) is 0. The lowest BCUT2D eigenvalue weighted by Gasteiger charge is -2.24. The molecule has 0 spiro atoms. The zero-order chi connectivity index (χ0) is 14.0. The topological polar surface area (TPSA) is 49.6 Å². The Morgan fingerprint density at radius 3 is 2.74 bits per heavy atom. The van der Waals surface area contributed by atoms with Gasteiger partial charge in [-0.15, -0.1) is 0 Å². The van der Waals surface area contributed by atoms with Gasteiger partial charge in [0.25, 0.3) is 0 Å². The van der Waals surface area contributed by atoms with Gasteiger partial charge in [-0.25, -0.2) is 4.39 Å². The van der Waals surface area contributed by atoms with E-state index in [1.54, 1.807) is 18.0 Å². The summed E-state index contributed by atoms with van der Waals surface area (Å²) in [6.45, 7) is 1.87. The Kier molecular flexibility index (Phi) is 4.49. The van der Waals surface area contributed by atoms with Crippen molar-refractivity contribution in [3.05, 3.63) is 21.5 Å². The van der Waals surface area contributed by atoms with Crippen LogP contribution >= 0.6 is 22.6 Å². The number of carbonyl (C=O) groups excluding carboxylic acids is 1. The first-order valence-corrected chi connectivity index (χ1v) is 7.30. The van der Waals surface area contributed by atoms with Crippen LogP contribution in [-0.2, 0) is 4.79 Å². The van der Waals surface area contributed by atoms with Crippen molar-refractivity contribution in [2.24, 2.45) is 0 Å². The van der Waals surface area contributed by atoms with E-state index in [9.17, 15) is 9.18 Å². The molecule has 1 amide bonds. The summed E-state index contributed by atoms with van der Waals surface area (Å²) in [4.78, 5) is 15.6. The fourth-order valence-corrected chi connectivity index (χ4v) is 2.73. The van der Waals surface area contributed by atoms with Gasteiger partial charge in [-0.2, -0.15) is 0 Å². The molecule has 2 rings (SSSR count). The van der Waals surface area contributed by atoms with Crippen LogP contribution in [0.4, 0.5) is 15.8 Å². The van der Waals surface area contributed by atoms with E-state index >= 15 is 0 Å². The van der Waals surface area contributed by atoms with E-state index in [-0.39, 0.29) is 18.3 Å². The summed E-state index contributed by atoms with van der Waals surface area (Å²) in [6.07, 6.45) is 2.13. The minimum Gasteiger partial charge on any atom is -0.397 e. The monoisotopic (exact) mass is 377 g/mol. The van der Waals surface area contributed by atoms with Crippen LogP contribution in [0.15, 0.2) is 12.1 Å². The first-order valence-electron chi connectivity index (χ1n) is 6.22. The quantitative estimate of drug-likeness (QED) is 0.648. The molecule has 0 aromatic heterocycles. The summed E-state index contributed by atoms with van der Waals surface area (Å²) in [6, 6.07) is 2.97. The van der Waals surface area contributed by atoms with Crippen molar-refractivity contribution in [3.63, 3.8) is 0 Å². The Balaban J connectivity index is 2.09. The summed E-state index contributed by atoms with van der Waals surface area (Å²) < 4.78 is 14.1. The highest BCUT2D eigenvalue weighted by Crippen LogP contribution is 2.26. The summed E-state index contributed by atoms with van der Waals surface area (Å²) in [5.74, 6) is -0.247.